The van der Waals surface area contributed by atoms with Gasteiger partial charge >= 0.3 is 35.8 Å². The molecule has 1 heterocycles. The predicted molar refractivity (Wildman–Crippen MR) is 303 cm³/mol. The van der Waals surface area contributed by atoms with E-state index < -0.39 is 53.5 Å². The maximum atomic E-state index is 13.8. The number of rotatable bonds is 29. The first-order valence-electron chi connectivity index (χ1n) is 27.6. The maximum Gasteiger partial charge on any atom is 0.330 e. The van der Waals surface area contributed by atoms with Gasteiger partial charge in [-0.15, -0.1) is 0 Å². The highest BCUT2D eigenvalue weighted by atomic mass is 32.1. The molecule has 4 aromatic carbocycles. The summed E-state index contributed by atoms with van der Waals surface area (Å²) in [5.41, 5.74) is 0.942. The van der Waals surface area contributed by atoms with Gasteiger partial charge in [0.05, 0.1) is 66.5 Å². The number of esters is 6. The van der Waals surface area contributed by atoms with E-state index in [4.69, 9.17) is 37.9 Å². The van der Waals surface area contributed by atoms with E-state index >= 15 is 0 Å². The lowest BCUT2D eigenvalue weighted by Gasteiger charge is -2.26. The second kappa shape index (κ2) is 31.6. The lowest BCUT2D eigenvalue weighted by Crippen LogP contribution is -2.30. The van der Waals surface area contributed by atoms with Crippen LogP contribution in [0.2, 0.25) is 0 Å². The lowest BCUT2D eigenvalue weighted by atomic mass is 9.82. The van der Waals surface area contributed by atoms with Gasteiger partial charge in [-0.3, -0.25) is 24.0 Å². The summed E-state index contributed by atoms with van der Waals surface area (Å²) < 4.78 is 45.8. The predicted octanol–water partition coefficient (Wildman–Crippen LogP) is 11.7. The van der Waals surface area contributed by atoms with Gasteiger partial charge < -0.3 is 37.9 Å². The SMILES string of the molecule is C=CC(=O)OCCCCCCOc1ccc(OC(=O)C2CCC(C(=O)Oc3ccc(OC(=O)C4CCC(C(=O)Oc5ccc(OCCCCCCOC(=O)C=C)cc5)CC4)c(/C=N/N(C(C)=O)c4nc5ccccc5s4)c3)CC2)cc1. The molecule has 18 nitrogen and oxygen atoms in total. The molecule has 5 aromatic rings. The molecule has 2 aliphatic rings. The summed E-state index contributed by atoms with van der Waals surface area (Å²) in [6, 6.07) is 25.7. The molecule has 0 bridgehead atoms. The van der Waals surface area contributed by atoms with E-state index in [1.807, 2.05) is 24.3 Å². The van der Waals surface area contributed by atoms with Crippen LogP contribution >= 0.6 is 11.3 Å². The molecule has 19 heteroatoms. The molecule has 2 saturated carbocycles. The van der Waals surface area contributed by atoms with Gasteiger partial charge in [-0.1, -0.05) is 36.6 Å². The van der Waals surface area contributed by atoms with E-state index in [-0.39, 0.29) is 29.0 Å². The van der Waals surface area contributed by atoms with Gasteiger partial charge in [-0.2, -0.15) is 10.1 Å². The van der Waals surface area contributed by atoms with E-state index in [0.29, 0.717) is 111 Å². The number of nitrogens with zero attached hydrogens (tertiary/aromatic N) is 3. The van der Waals surface area contributed by atoms with Crippen LogP contribution in [0.1, 0.15) is 115 Å². The van der Waals surface area contributed by atoms with Crippen LogP contribution in [0, 0.1) is 23.7 Å². The number of fused-ring (bicyclic) bond motifs is 1. The van der Waals surface area contributed by atoms with Gasteiger partial charge in [0.25, 0.3) is 0 Å². The Morgan fingerprint density at radius 3 is 1.38 bits per heavy atom. The van der Waals surface area contributed by atoms with Crippen LogP contribution < -0.4 is 33.4 Å². The van der Waals surface area contributed by atoms with E-state index in [2.05, 4.69) is 23.2 Å². The highest BCUT2D eigenvalue weighted by Crippen LogP contribution is 2.36. The molecular weight excluding hydrogens is 1060 g/mol. The number of thiazole rings is 1. The number of hydrogen-bond acceptors (Lipinski definition) is 18. The number of hydrazone groups is 1. The molecule has 0 aliphatic heterocycles. The molecule has 0 atom stereocenters. The first kappa shape index (κ1) is 60.5. The molecule has 0 unspecified atom stereocenters. The molecule has 0 spiro atoms. The quantitative estimate of drug-likeness (QED) is 0.0108. The first-order valence-corrected chi connectivity index (χ1v) is 28.4. The summed E-state index contributed by atoms with van der Waals surface area (Å²) in [5, 5.41) is 5.96. The fraction of sp³-hybridized carbons (Fsp3) is 0.403. The van der Waals surface area contributed by atoms with E-state index in [1.54, 1.807) is 48.5 Å². The van der Waals surface area contributed by atoms with Crippen molar-refractivity contribution in [3.05, 3.63) is 122 Å². The third kappa shape index (κ3) is 19.3. The summed E-state index contributed by atoms with van der Waals surface area (Å²) in [6.07, 6.45) is 13.7. The monoisotopic (exact) mass is 1130 g/mol. The van der Waals surface area contributed by atoms with Crippen molar-refractivity contribution in [1.82, 2.24) is 4.98 Å². The third-order valence-corrected chi connectivity index (χ3v) is 14.8. The third-order valence-electron chi connectivity index (χ3n) is 13.8. The molecule has 1 amide bonds. The fourth-order valence-electron chi connectivity index (χ4n) is 9.21. The van der Waals surface area contributed by atoms with Crippen LogP contribution in [-0.2, 0) is 43.0 Å². The number of hydrogen-bond donors (Lipinski definition) is 0. The van der Waals surface area contributed by atoms with Gasteiger partial charge in [-0.25, -0.2) is 14.6 Å². The van der Waals surface area contributed by atoms with Crippen LogP contribution in [0.5, 0.6) is 34.5 Å². The van der Waals surface area contributed by atoms with Crippen molar-refractivity contribution >= 4 is 74.6 Å². The Hall–Kier alpha value is -8.19. The van der Waals surface area contributed by atoms with Crippen LogP contribution in [0.25, 0.3) is 10.2 Å². The van der Waals surface area contributed by atoms with E-state index in [1.165, 1.54) is 42.7 Å². The number of benzene rings is 4. The zero-order valence-corrected chi connectivity index (χ0v) is 46.4. The van der Waals surface area contributed by atoms with Gasteiger partial charge in [0.2, 0.25) is 11.0 Å². The van der Waals surface area contributed by atoms with Crippen LogP contribution in [0.3, 0.4) is 0 Å². The van der Waals surface area contributed by atoms with Gasteiger partial charge in [0.15, 0.2) is 0 Å². The summed E-state index contributed by atoms with van der Waals surface area (Å²) in [7, 11) is 0. The van der Waals surface area contributed by atoms with E-state index in [9.17, 15) is 33.6 Å². The summed E-state index contributed by atoms with van der Waals surface area (Å²) in [6.45, 7) is 9.88. The Balaban J connectivity index is 0.890. The van der Waals surface area contributed by atoms with Crippen molar-refractivity contribution in [3.8, 4) is 34.5 Å². The molecule has 0 saturated heterocycles. The largest absolute Gasteiger partial charge is 0.494 e. The number of carbonyl (C=O) groups excluding carboxylic acids is 7. The maximum absolute atomic E-state index is 13.8. The van der Waals surface area contributed by atoms with Crippen LogP contribution in [-0.4, -0.2) is 79.3 Å². The highest BCUT2D eigenvalue weighted by molar-refractivity contribution is 7.22. The van der Waals surface area contributed by atoms with E-state index in [0.717, 1.165) is 73.2 Å². The number of para-hydroxylation sites is 1. The van der Waals surface area contributed by atoms with Crippen molar-refractivity contribution < 1.29 is 71.5 Å². The Labute approximate surface area is 475 Å². The van der Waals surface area contributed by atoms with Gasteiger partial charge in [0, 0.05) is 24.6 Å². The molecular formula is C62H69N3O15S. The fourth-order valence-corrected chi connectivity index (χ4v) is 10.2. The number of anilines is 1. The number of ether oxygens (including phenoxy) is 8. The van der Waals surface area contributed by atoms with Crippen molar-refractivity contribution in [2.45, 2.75) is 110 Å². The second-order valence-corrected chi connectivity index (χ2v) is 20.7. The zero-order valence-electron chi connectivity index (χ0n) is 45.6. The molecule has 2 fully saturated rings. The standard InChI is InChI=1S/C62H69N3O15S/c1-4-56(67)75-38-14-8-6-12-36-73-48-26-30-50(31-27-48)77-58(69)43-18-20-45(21-19-43)60(71)79-52-34-35-54(47(40-52)41-63-65(42(3)66)62-64-53-16-10-11-17-55(53)81-62)80-61(72)46-24-22-44(23-25-46)59(70)78-51-32-28-49(29-33-51)74-37-13-7-9-15-39-76-57(68)5-2/h4-5,10-11,16-17,26-35,40-41,43-46H,1-2,6-9,12-15,18-25,36-39H2,3H3/b63-41+. The summed E-state index contributed by atoms with van der Waals surface area (Å²) in [5.74, 6) is -2.50. The Morgan fingerprint density at radius 2 is 0.938 bits per heavy atom. The average Bonchev–Trinajstić information content (AvgIpc) is 3.92. The van der Waals surface area contributed by atoms with Crippen molar-refractivity contribution in [2.24, 2.45) is 28.8 Å². The Morgan fingerprint density at radius 1 is 0.531 bits per heavy atom. The van der Waals surface area contributed by atoms with Gasteiger partial charge in [0.1, 0.15) is 34.5 Å². The summed E-state index contributed by atoms with van der Waals surface area (Å²) >= 11 is 1.28. The number of unbranched alkanes of at least 4 members (excludes halogenated alkanes) is 6. The molecule has 0 radical (unpaired) electrons. The van der Waals surface area contributed by atoms with Crippen molar-refractivity contribution in [2.75, 3.05) is 31.4 Å². The Kier molecular flexibility index (Phi) is 23.6. The minimum absolute atomic E-state index is 0.115. The molecule has 7 rings (SSSR count). The molecule has 0 N–H and O–H groups in total. The second-order valence-electron chi connectivity index (χ2n) is 19.7. The summed E-state index contributed by atoms with van der Waals surface area (Å²) in [4.78, 5) is 93.7. The Bertz CT molecular complexity index is 2940. The normalized spacial score (nSPS) is 16.8. The van der Waals surface area contributed by atoms with Crippen LogP contribution in [0.4, 0.5) is 5.13 Å². The smallest absolute Gasteiger partial charge is 0.330 e. The van der Waals surface area contributed by atoms with Crippen molar-refractivity contribution in [3.63, 3.8) is 0 Å². The average molecular weight is 1130 g/mol. The number of carbonyl (C=O) groups is 7. The first-order chi connectivity index (χ1) is 39.3. The molecule has 2 aliphatic carbocycles. The number of amides is 1. The number of aromatic nitrogens is 1. The molecule has 428 valence electrons. The minimum atomic E-state index is -0.520. The van der Waals surface area contributed by atoms with Crippen LogP contribution in [0.15, 0.2) is 121 Å². The zero-order chi connectivity index (χ0) is 57.3. The molecule has 1 aromatic heterocycles. The lowest BCUT2D eigenvalue weighted by molar-refractivity contribution is -0.145. The van der Waals surface area contributed by atoms with Gasteiger partial charge in [-0.05, 0) is 182 Å². The minimum Gasteiger partial charge on any atom is -0.494 e. The van der Waals surface area contributed by atoms with Crippen molar-refractivity contribution in [1.29, 1.82) is 0 Å². The topological polar surface area (TPSA) is 222 Å². The highest BCUT2D eigenvalue weighted by Gasteiger charge is 2.34. The molecule has 81 heavy (non-hydrogen) atoms.